The van der Waals surface area contributed by atoms with E-state index in [1.165, 1.54) is 10.5 Å². The van der Waals surface area contributed by atoms with Crippen molar-refractivity contribution in [2.75, 3.05) is 33.8 Å². The van der Waals surface area contributed by atoms with E-state index in [-0.39, 0.29) is 17.9 Å². The van der Waals surface area contributed by atoms with E-state index in [1.807, 2.05) is 30.3 Å². The second-order valence-corrected chi connectivity index (χ2v) is 8.02. The molecule has 2 rings (SSSR count). The molecule has 2 N–H and O–H groups in total. The Morgan fingerprint density at radius 1 is 1.07 bits per heavy atom. The Morgan fingerprint density at radius 3 is 2.47 bits per heavy atom. The lowest BCUT2D eigenvalue weighted by Gasteiger charge is -2.26. The van der Waals surface area contributed by atoms with E-state index in [4.69, 9.17) is 9.73 Å². The molecule has 0 atom stereocenters. The standard InChI is InChI=1S/C24H34N4O2/c1-6-25-23(27-18-24(2,3)20-12-8-7-9-13-20)26-16-19-11-10-14-21(15-19)30-17-22(29)28(4)5/h7-15H,6,16-18H2,1-5H3,(H2,25,26,27). The Hall–Kier alpha value is -3.02. The van der Waals surface area contributed by atoms with Gasteiger partial charge in [0.1, 0.15) is 5.75 Å². The van der Waals surface area contributed by atoms with Gasteiger partial charge in [0.15, 0.2) is 12.6 Å². The van der Waals surface area contributed by atoms with E-state index in [0.717, 1.165) is 24.6 Å². The first-order chi connectivity index (χ1) is 14.3. The van der Waals surface area contributed by atoms with Crippen LogP contribution in [-0.2, 0) is 16.8 Å². The summed E-state index contributed by atoms with van der Waals surface area (Å²) in [4.78, 5) is 17.9. The molecular weight excluding hydrogens is 376 g/mol. The minimum atomic E-state index is -0.0712. The fourth-order valence-electron chi connectivity index (χ4n) is 2.82. The van der Waals surface area contributed by atoms with Crippen LogP contribution >= 0.6 is 0 Å². The number of nitrogens with zero attached hydrogens (tertiary/aromatic N) is 2. The van der Waals surface area contributed by atoms with Crippen LogP contribution in [0.2, 0.25) is 0 Å². The molecule has 162 valence electrons. The summed E-state index contributed by atoms with van der Waals surface area (Å²) in [6.45, 7) is 8.57. The average molecular weight is 411 g/mol. The van der Waals surface area contributed by atoms with Crippen molar-refractivity contribution in [3.63, 3.8) is 0 Å². The zero-order valence-electron chi connectivity index (χ0n) is 18.7. The van der Waals surface area contributed by atoms with Crippen LogP contribution in [-0.4, -0.2) is 50.6 Å². The van der Waals surface area contributed by atoms with Gasteiger partial charge in [-0.1, -0.05) is 56.3 Å². The molecule has 0 spiro atoms. The van der Waals surface area contributed by atoms with Gasteiger partial charge >= 0.3 is 0 Å². The maximum absolute atomic E-state index is 11.7. The molecule has 1 amide bonds. The van der Waals surface area contributed by atoms with E-state index in [2.05, 4.69) is 55.7 Å². The maximum atomic E-state index is 11.7. The molecule has 0 bridgehead atoms. The number of hydrogen-bond donors (Lipinski definition) is 2. The first kappa shape index (κ1) is 23.3. The molecule has 2 aromatic rings. The van der Waals surface area contributed by atoms with Crippen LogP contribution in [0.5, 0.6) is 5.75 Å². The third kappa shape index (κ3) is 7.43. The SMILES string of the molecule is CCNC(=NCc1cccc(OCC(=O)N(C)C)c1)NCC(C)(C)c1ccccc1. The second kappa shape index (κ2) is 11.2. The van der Waals surface area contributed by atoms with Gasteiger partial charge < -0.3 is 20.3 Å². The number of carbonyl (C=O) groups is 1. The number of nitrogens with one attached hydrogen (secondary N) is 2. The molecule has 0 aliphatic carbocycles. The third-order valence-electron chi connectivity index (χ3n) is 4.78. The molecule has 0 saturated heterocycles. The van der Waals surface area contributed by atoms with Crippen LogP contribution in [0.4, 0.5) is 0 Å². The van der Waals surface area contributed by atoms with E-state index in [9.17, 15) is 4.79 Å². The number of likely N-dealkylation sites (N-methyl/N-ethyl adjacent to an activating group) is 1. The molecule has 0 aliphatic heterocycles. The first-order valence-electron chi connectivity index (χ1n) is 10.3. The van der Waals surface area contributed by atoms with Gasteiger partial charge in [-0.2, -0.15) is 0 Å². The molecule has 0 fully saturated rings. The monoisotopic (exact) mass is 410 g/mol. The Bertz CT molecular complexity index is 832. The summed E-state index contributed by atoms with van der Waals surface area (Å²) in [7, 11) is 3.43. The molecule has 2 aromatic carbocycles. The van der Waals surface area contributed by atoms with Gasteiger partial charge in [0.05, 0.1) is 6.54 Å². The maximum Gasteiger partial charge on any atom is 0.259 e. The Labute approximate surface area is 180 Å². The van der Waals surface area contributed by atoms with Crippen LogP contribution in [0.1, 0.15) is 31.9 Å². The predicted molar refractivity (Wildman–Crippen MR) is 123 cm³/mol. The molecule has 0 heterocycles. The average Bonchev–Trinajstić information content (AvgIpc) is 2.75. The zero-order chi connectivity index (χ0) is 22.0. The number of ether oxygens (including phenoxy) is 1. The van der Waals surface area contributed by atoms with Crippen molar-refractivity contribution in [2.45, 2.75) is 32.7 Å². The number of guanidine groups is 1. The molecule has 6 nitrogen and oxygen atoms in total. The molecule has 0 unspecified atom stereocenters. The highest BCUT2D eigenvalue weighted by molar-refractivity contribution is 5.80. The van der Waals surface area contributed by atoms with Crippen LogP contribution in [0.15, 0.2) is 59.6 Å². The van der Waals surface area contributed by atoms with Crippen molar-refractivity contribution >= 4 is 11.9 Å². The lowest BCUT2D eigenvalue weighted by atomic mass is 9.85. The summed E-state index contributed by atoms with van der Waals surface area (Å²) in [6.07, 6.45) is 0. The quantitative estimate of drug-likeness (QED) is 0.492. The fourth-order valence-corrected chi connectivity index (χ4v) is 2.82. The number of aliphatic imine (C=N–C) groups is 1. The lowest BCUT2D eigenvalue weighted by molar-refractivity contribution is -0.130. The highest BCUT2D eigenvalue weighted by atomic mass is 16.5. The normalized spacial score (nSPS) is 11.7. The Morgan fingerprint density at radius 2 is 1.80 bits per heavy atom. The molecule has 6 heteroatoms. The smallest absolute Gasteiger partial charge is 0.259 e. The van der Waals surface area contributed by atoms with Crippen molar-refractivity contribution in [1.29, 1.82) is 0 Å². The molecular formula is C24H34N4O2. The van der Waals surface area contributed by atoms with Gasteiger partial charge in [-0.25, -0.2) is 4.99 Å². The first-order valence-corrected chi connectivity index (χ1v) is 10.3. The van der Waals surface area contributed by atoms with Crippen molar-refractivity contribution in [3.05, 3.63) is 65.7 Å². The minimum absolute atomic E-state index is 0.0236. The number of amides is 1. The Kier molecular flexibility index (Phi) is 8.71. The van der Waals surface area contributed by atoms with E-state index in [0.29, 0.717) is 12.3 Å². The molecule has 0 saturated carbocycles. The highest BCUT2D eigenvalue weighted by Gasteiger charge is 2.20. The minimum Gasteiger partial charge on any atom is -0.484 e. The lowest BCUT2D eigenvalue weighted by Crippen LogP contribution is -2.43. The number of rotatable bonds is 9. The zero-order valence-corrected chi connectivity index (χ0v) is 18.7. The van der Waals surface area contributed by atoms with Crippen molar-refractivity contribution in [2.24, 2.45) is 4.99 Å². The van der Waals surface area contributed by atoms with Gasteiger partial charge in [0, 0.05) is 32.6 Å². The van der Waals surface area contributed by atoms with Gasteiger partial charge in [-0.15, -0.1) is 0 Å². The van der Waals surface area contributed by atoms with Crippen LogP contribution in [0, 0.1) is 0 Å². The predicted octanol–water partition coefficient (Wildman–Crippen LogP) is 3.19. The summed E-state index contributed by atoms with van der Waals surface area (Å²) in [5, 5.41) is 6.76. The summed E-state index contributed by atoms with van der Waals surface area (Å²) in [5.41, 5.74) is 2.28. The largest absolute Gasteiger partial charge is 0.484 e. The van der Waals surface area contributed by atoms with Crippen molar-refractivity contribution < 1.29 is 9.53 Å². The van der Waals surface area contributed by atoms with Crippen LogP contribution in [0.25, 0.3) is 0 Å². The summed E-state index contributed by atoms with van der Waals surface area (Å²) < 4.78 is 5.59. The van der Waals surface area contributed by atoms with Gasteiger partial charge in [0.25, 0.3) is 5.91 Å². The molecule has 0 aromatic heterocycles. The van der Waals surface area contributed by atoms with Crippen LogP contribution < -0.4 is 15.4 Å². The number of hydrogen-bond acceptors (Lipinski definition) is 3. The van der Waals surface area contributed by atoms with Crippen LogP contribution in [0.3, 0.4) is 0 Å². The fraction of sp³-hybridized carbons (Fsp3) is 0.417. The van der Waals surface area contributed by atoms with Crippen molar-refractivity contribution in [3.8, 4) is 5.75 Å². The number of benzene rings is 2. The second-order valence-electron chi connectivity index (χ2n) is 8.02. The van der Waals surface area contributed by atoms with Gasteiger partial charge in [-0.05, 0) is 30.2 Å². The molecule has 0 aliphatic rings. The van der Waals surface area contributed by atoms with Crippen molar-refractivity contribution in [1.82, 2.24) is 15.5 Å². The van der Waals surface area contributed by atoms with Gasteiger partial charge in [0.2, 0.25) is 0 Å². The van der Waals surface area contributed by atoms with E-state index in [1.54, 1.807) is 14.1 Å². The van der Waals surface area contributed by atoms with Gasteiger partial charge in [-0.3, -0.25) is 4.79 Å². The number of carbonyl (C=O) groups excluding carboxylic acids is 1. The van der Waals surface area contributed by atoms with E-state index >= 15 is 0 Å². The third-order valence-corrected chi connectivity index (χ3v) is 4.78. The summed E-state index contributed by atoms with van der Waals surface area (Å²) in [5.74, 6) is 1.37. The summed E-state index contributed by atoms with van der Waals surface area (Å²) in [6, 6.07) is 18.2. The Balaban J connectivity index is 1.99. The summed E-state index contributed by atoms with van der Waals surface area (Å²) >= 11 is 0. The highest BCUT2D eigenvalue weighted by Crippen LogP contribution is 2.21. The molecule has 0 radical (unpaired) electrons. The molecule has 30 heavy (non-hydrogen) atoms. The topological polar surface area (TPSA) is 66.0 Å². The van der Waals surface area contributed by atoms with E-state index < -0.39 is 0 Å².